The highest BCUT2D eigenvalue weighted by Crippen LogP contribution is 2.14. The predicted octanol–water partition coefficient (Wildman–Crippen LogP) is 4.15. The highest BCUT2D eigenvalue weighted by molar-refractivity contribution is 9.09. The van der Waals surface area contributed by atoms with Gasteiger partial charge >= 0.3 is 0 Å². The van der Waals surface area contributed by atoms with Crippen LogP contribution in [0.4, 0.5) is 0 Å². The summed E-state index contributed by atoms with van der Waals surface area (Å²) in [6, 6.07) is 0. The second-order valence-corrected chi connectivity index (χ2v) is 4.23. The zero-order chi connectivity index (χ0) is 8.69. The van der Waals surface area contributed by atoms with Gasteiger partial charge in [-0.05, 0) is 32.1 Å². The van der Waals surface area contributed by atoms with Crippen molar-refractivity contribution < 1.29 is 0 Å². The van der Waals surface area contributed by atoms with Crippen LogP contribution in [-0.4, -0.2) is 5.33 Å². The molecule has 0 fully saturated rings. The van der Waals surface area contributed by atoms with Crippen molar-refractivity contribution in [1.29, 1.82) is 0 Å². The molecule has 11 heavy (non-hydrogen) atoms. The molecule has 0 spiro atoms. The van der Waals surface area contributed by atoms with Crippen molar-refractivity contribution in [3.63, 3.8) is 0 Å². The molecule has 0 rings (SSSR count). The minimum absolute atomic E-state index is 0.869. The molecule has 0 bridgehead atoms. The van der Waals surface area contributed by atoms with Crippen LogP contribution in [0.15, 0.2) is 12.2 Å². The fourth-order valence-corrected chi connectivity index (χ4v) is 1.86. The van der Waals surface area contributed by atoms with Crippen LogP contribution in [0, 0.1) is 5.92 Å². The molecule has 0 saturated carbocycles. The van der Waals surface area contributed by atoms with E-state index in [9.17, 15) is 0 Å². The van der Waals surface area contributed by atoms with Gasteiger partial charge in [-0.2, -0.15) is 0 Å². The molecule has 0 nitrogen and oxygen atoms in total. The smallest absolute Gasteiger partial charge is 0.00338 e. The van der Waals surface area contributed by atoms with E-state index in [1.54, 1.807) is 0 Å². The Balaban J connectivity index is 3.16. The summed E-state index contributed by atoms with van der Waals surface area (Å²) in [6.45, 7) is 8.31. The van der Waals surface area contributed by atoms with Gasteiger partial charge in [-0.25, -0.2) is 0 Å². The average Bonchev–Trinajstić information content (AvgIpc) is 1.87. The highest BCUT2D eigenvalue weighted by Gasteiger charge is 1.99. The van der Waals surface area contributed by atoms with Crippen LogP contribution in [0.5, 0.6) is 0 Å². The van der Waals surface area contributed by atoms with Gasteiger partial charge in [0.05, 0.1) is 0 Å². The lowest BCUT2D eigenvalue weighted by atomic mass is 10.0. The van der Waals surface area contributed by atoms with Gasteiger partial charge in [0.1, 0.15) is 0 Å². The van der Waals surface area contributed by atoms with Gasteiger partial charge in [0.2, 0.25) is 0 Å². The largest absolute Gasteiger partial charge is 0.100 e. The average molecular weight is 219 g/mol. The first-order valence-corrected chi connectivity index (χ1v) is 5.49. The van der Waals surface area contributed by atoms with Crippen molar-refractivity contribution in [3.05, 3.63) is 12.2 Å². The fourth-order valence-electron chi connectivity index (χ4n) is 1.08. The van der Waals surface area contributed by atoms with Gasteiger partial charge in [0.15, 0.2) is 0 Å². The SMILES string of the molecule is C=C(C)CCC[C@H](C)CCBr. The third-order valence-corrected chi connectivity index (χ3v) is 2.36. The summed E-state index contributed by atoms with van der Waals surface area (Å²) < 4.78 is 0. The summed E-state index contributed by atoms with van der Waals surface area (Å²) in [4.78, 5) is 0. The number of allylic oxidation sites excluding steroid dienone is 1. The normalized spacial score (nSPS) is 13.0. The molecule has 0 amide bonds. The molecule has 66 valence electrons. The van der Waals surface area contributed by atoms with E-state index in [1.165, 1.54) is 31.3 Å². The molecule has 0 radical (unpaired) electrons. The first-order chi connectivity index (χ1) is 5.16. The standard InChI is InChI=1S/C10H19Br/c1-9(2)5-4-6-10(3)7-8-11/h10H,1,4-8H2,2-3H3/t10-/m0/s1. The van der Waals surface area contributed by atoms with Gasteiger partial charge in [-0.15, -0.1) is 6.58 Å². The van der Waals surface area contributed by atoms with Crippen LogP contribution in [-0.2, 0) is 0 Å². The summed E-state index contributed by atoms with van der Waals surface area (Å²) in [5.41, 5.74) is 1.32. The maximum atomic E-state index is 3.89. The zero-order valence-corrected chi connectivity index (χ0v) is 9.28. The van der Waals surface area contributed by atoms with Crippen molar-refractivity contribution in [2.24, 2.45) is 5.92 Å². The summed E-state index contributed by atoms with van der Waals surface area (Å²) in [5, 5.41) is 1.14. The van der Waals surface area contributed by atoms with E-state index in [1.807, 2.05) is 0 Å². The first kappa shape index (κ1) is 11.2. The summed E-state index contributed by atoms with van der Waals surface area (Å²) in [7, 11) is 0. The van der Waals surface area contributed by atoms with Crippen molar-refractivity contribution >= 4 is 15.9 Å². The topological polar surface area (TPSA) is 0 Å². The van der Waals surface area contributed by atoms with Crippen LogP contribution < -0.4 is 0 Å². The molecule has 0 aromatic heterocycles. The lowest BCUT2D eigenvalue weighted by Gasteiger charge is -2.08. The van der Waals surface area contributed by atoms with E-state index in [4.69, 9.17) is 0 Å². The first-order valence-electron chi connectivity index (χ1n) is 4.37. The molecule has 0 aromatic rings. The highest BCUT2D eigenvalue weighted by atomic mass is 79.9. The summed E-state index contributed by atoms with van der Waals surface area (Å²) >= 11 is 3.45. The van der Waals surface area contributed by atoms with E-state index in [0.29, 0.717) is 0 Å². The third kappa shape index (κ3) is 8.12. The van der Waals surface area contributed by atoms with Gasteiger partial charge < -0.3 is 0 Å². The Morgan fingerprint density at radius 3 is 2.55 bits per heavy atom. The second kappa shape index (κ2) is 6.90. The van der Waals surface area contributed by atoms with Crippen molar-refractivity contribution in [1.82, 2.24) is 0 Å². The molecule has 0 aromatic carbocycles. The Morgan fingerprint density at radius 1 is 1.45 bits per heavy atom. The van der Waals surface area contributed by atoms with E-state index >= 15 is 0 Å². The van der Waals surface area contributed by atoms with Crippen LogP contribution in [0.2, 0.25) is 0 Å². The quantitative estimate of drug-likeness (QED) is 0.465. The lowest BCUT2D eigenvalue weighted by molar-refractivity contribution is 0.500. The molecule has 0 unspecified atom stereocenters. The number of rotatable bonds is 6. The van der Waals surface area contributed by atoms with Crippen LogP contribution in [0.1, 0.15) is 39.5 Å². The number of alkyl halides is 1. The number of hydrogen-bond acceptors (Lipinski definition) is 0. The van der Waals surface area contributed by atoms with Gasteiger partial charge in [0.25, 0.3) is 0 Å². The molecule has 0 aliphatic heterocycles. The Morgan fingerprint density at radius 2 is 2.09 bits per heavy atom. The molecular formula is C10H19Br. The van der Waals surface area contributed by atoms with Crippen molar-refractivity contribution in [2.75, 3.05) is 5.33 Å². The van der Waals surface area contributed by atoms with Gasteiger partial charge in [-0.1, -0.05) is 34.8 Å². The Bertz CT molecular complexity index is 107. The van der Waals surface area contributed by atoms with Crippen LogP contribution >= 0.6 is 15.9 Å². The van der Waals surface area contributed by atoms with E-state index in [0.717, 1.165) is 11.2 Å². The minimum Gasteiger partial charge on any atom is -0.100 e. The van der Waals surface area contributed by atoms with Gasteiger partial charge in [-0.3, -0.25) is 0 Å². The van der Waals surface area contributed by atoms with E-state index in [2.05, 4.69) is 36.4 Å². The Kier molecular flexibility index (Phi) is 7.04. The lowest BCUT2D eigenvalue weighted by Crippen LogP contribution is -1.95. The summed E-state index contributed by atoms with van der Waals surface area (Å²) in [6.07, 6.45) is 5.16. The molecule has 1 atom stereocenters. The molecule has 0 N–H and O–H groups in total. The molecule has 0 heterocycles. The predicted molar refractivity (Wildman–Crippen MR) is 56.2 cm³/mol. The molecule has 0 aliphatic carbocycles. The third-order valence-electron chi connectivity index (χ3n) is 1.90. The second-order valence-electron chi connectivity index (χ2n) is 3.43. The zero-order valence-electron chi connectivity index (χ0n) is 7.70. The van der Waals surface area contributed by atoms with Crippen molar-refractivity contribution in [3.8, 4) is 0 Å². The maximum Gasteiger partial charge on any atom is 0.00338 e. The monoisotopic (exact) mass is 218 g/mol. The molecular weight excluding hydrogens is 200 g/mol. The van der Waals surface area contributed by atoms with Crippen LogP contribution in [0.25, 0.3) is 0 Å². The Hall–Kier alpha value is 0.220. The summed E-state index contributed by atoms with van der Waals surface area (Å²) in [5.74, 6) is 0.869. The van der Waals surface area contributed by atoms with Gasteiger partial charge in [0, 0.05) is 5.33 Å². The number of hydrogen-bond donors (Lipinski definition) is 0. The molecule has 0 aliphatic rings. The molecule has 0 saturated heterocycles. The molecule has 1 heteroatoms. The number of halogens is 1. The maximum absolute atomic E-state index is 3.89. The minimum atomic E-state index is 0.869. The van der Waals surface area contributed by atoms with E-state index in [-0.39, 0.29) is 0 Å². The van der Waals surface area contributed by atoms with Crippen molar-refractivity contribution in [2.45, 2.75) is 39.5 Å². The Labute approximate surface area is 79.2 Å². The fraction of sp³-hybridized carbons (Fsp3) is 0.800. The van der Waals surface area contributed by atoms with E-state index < -0.39 is 0 Å². The van der Waals surface area contributed by atoms with Crippen LogP contribution in [0.3, 0.4) is 0 Å².